The Morgan fingerprint density at radius 3 is 2.68 bits per heavy atom. The van der Waals surface area contributed by atoms with Gasteiger partial charge in [0.15, 0.2) is 0 Å². The lowest BCUT2D eigenvalue weighted by Gasteiger charge is -2.22. The van der Waals surface area contributed by atoms with Gasteiger partial charge >= 0.3 is 11.9 Å². The van der Waals surface area contributed by atoms with Gasteiger partial charge in [-0.05, 0) is 13.0 Å². The van der Waals surface area contributed by atoms with E-state index in [9.17, 15) is 23.1 Å². The van der Waals surface area contributed by atoms with Crippen molar-refractivity contribution in [1.82, 2.24) is 0 Å². The minimum absolute atomic E-state index is 0.253. The van der Waals surface area contributed by atoms with Crippen LogP contribution >= 0.6 is 11.6 Å². The highest BCUT2D eigenvalue weighted by Gasteiger charge is 2.48. The Morgan fingerprint density at radius 1 is 1.58 bits per heavy atom. The van der Waals surface area contributed by atoms with Crippen LogP contribution in [0.2, 0.25) is 5.02 Å². The highest BCUT2D eigenvalue weighted by atomic mass is 35.5. The van der Waals surface area contributed by atoms with Crippen LogP contribution in [-0.2, 0) is 9.53 Å². The van der Waals surface area contributed by atoms with Gasteiger partial charge in [-0.3, -0.25) is 0 Å². The molecule has 0 aliphatic heterocycles. The second kappa shape index (κ2) is 5.66. The summed E-state index contributed by atoms with van der Waals surface area (Å²) >= 11 is 5.38. The molecule has 0 saturated heterocycles. The summed E-state index contributed by atoms with van der Waals surface area (Å²) in [5, 5.41) is 8.74. The lowest BCUT2D eigenvalue weighted by atomic mass is 10.0. The third-order valence-corrected chi connectivity index (χ3v) is 2.73. The van der Waals surface area contributed by atoms with Gasteiger partial charge in [0.25, 0.3) is 0 Å². The number of aromatic hydroxyl groups is 1. The summed E-state index contributed by atoms with van der Waals surface area (Å²) in [6, 6.07) is -0.614. The predicted octanol–water partition coefficient (Wildman–Crippen LogP) is 2.38. The minimum atomic E-state index is -4.07. The summed E-state index contributed by atoms with van der Waals surface area (Å²) in [4.78, 5) is 11.1. The van der Waals surface area contributed by atoms with Crippen molar-refractivity contribution < 1.29 is 27.8 Å². The zero-order valence-corrected chi connectivity index (χ0v) is 10.5. The molecule has 1 aromatic carbocycles. The lowest BCUT2D eigenvalue weighted by molar-refractivity contribution is -0.174. The fourth-order valence-electron chi connectivity index (χ4n) is 1.36. The zero-order valence-electron chi connectivity index (χ0n) is 9.79. The average Bonchev–Trinajstić information content (AvgIpc) is 2.35. The lowest BCUT2D eigenvalue weighted by Crippen LogP contribution is -2.41. The third-order valence-electron chi connectivity index (χ3n) is 2.37. The highest BCUT2D eigenvalue weighted by Crippen LogP contribution is 2.39. The van der Waals surface area contributed by atoms with Crippen molar-refractivity contribution >= 4 is 17.6 Å². The van der Waals surface area contributed by atoms with E-state index in [1.54, 1.807) is 0 Å². The molecular formula is C11H11ClF3NO3. The number of halogens is 4. The third kappa shape index (κ3) is 2.93. The van der Waals surface area contributed by atoms with Crippen LogP contribution in [0.25, 0.3) is 0 Å². The Labute approximate surface area is 111 Å². The molecule has 0 bridgehead atoms. The summed E-state index contributed by atoms with van der Waals surface area (Å²) in [5.74, 6) is -7.83. The maximum absolute atomic E-state index is 13.6. The van der Waals surface area contributed by atoms with Gasteiger partial charge in [-0.1, -0.05) is 17.7 Å². The summed E-state index contributed by atoms with van der Waals surface area (Å²) in [6.45, 7) is 1.10. The molecule has 0 spiro atoms. The fourth-order valence-corrected chi connectivity index (χ4v) is 1.53. The number of phenols is 1. The second-order valence-electron chi connectivity index (χ2n) is 3.62. The first-order valence-corrected chi connectivity index (χ1v) is 5.58. The maximum Gasteiger partial charge on any atom is 0.379 e. The van der Waals surface area contributed by atoms with E-state index < -0.39 is 40.1 Å². The van der Waals surface area contributed by atoms with Gasteiger partial charge in [-0.15, -0.1) is 0 Å². The Hall–Kier alpha value is -1.47. The molecule has 0 heterocycles. The van der Waals surface area contributed by atoms with Gasteiger partial charge in [0.2, 0.25) is 0 Å². The molecule has 106 valence electrons. The quantitative estimate of drug-likeness (QED) is 0.837. The minimum Gasteiger partial charge on any atom is -0.506 e. The number of esters is 1. The molecule has 0 saturated carbocycles. The number of alkyl halides is 2. The van der Waals surface area contributed by atoms with Crippen molar-refractivity contribution in [2.75, 3.05) is 6.61 Å². The SMILES string of the molecule is CCOC(=O)C(F)(F)[C@H](N)c1ccc(F)c(Cl)c1O. The van der Waals surface area contributed by atoms with Gasteiger partial charge in [-0.25, -0.2) is 9.18 Å². The van der Waals surface area contributed by atoms with Crippen molar-refractivity contribution in [3.05, 3.63) is 28.5 Å². The van der Waals surface area contributed by atoms with Crippen molar-refractivity contribution in [2.45, 2.75) is 18.9 Å². The number of nitrogens with two attached hydrogens (primary N) is 1. The van der Waals surface area contributed by atoms with E-state index in [1.165, 1.54) is 6.92 Å². The van der Waals surface area contributed by atoms with E-state index in [4.69, 9.17) is 17.3 Å². The number of ether oxygens (including phenoxy) is 1. The standard InChI is InChI=1S/C11H11ClF3NO3/c1-2-19-10(18)11(14,15)9(16)5-3-4-6(13)7(12)8(5)17/h3-4,9,17H,2,16H2,1H3/t9-/m1/s1. The number of hydrogen-bond donors (Lipinski definition) is 2. The van der Waals surface area contributed by atoms with E-state index >= 15 is 0 Å². The van der Waals surface area contributed by atoms with Crippen molar-refractivity contribution in [3.63, 3.8) is 0 Å². The molecule has 3 N–H and O–H groups in total. The van der Waals surface area contributed by atoms with Crippen LogP contribution in [0, 0.1) is 5.82 Å². The Kier molecular flexibility index (Phi) is 4.65. The molecule has 1 rings (SSSR count). The predicted molar refractivity (Wildman–Crippen MR) is 61.6 cm³/mol. The molecule has 0 fully saturated rings. The van der Waals surface area contributed by atoms with Gasteiger partial charge < -0.3 is 15.6 Å². The molecule has 0 aromatic heterocycles. The summed E-state index contributed by atoms with van der Waals surface area (Å²) in [7, 11) is 0. The molecule has 0 unspecified atom stereocenters. The zero-order chi connectivity index (χ0) is 14.8. The monoisotopic (exact) mass is 297 g/mol. The Balaban J connectivity index is 3.16. The molecule has 8 heteroatoms. The number of rotatable bonds is 4. The first kappa shape index (κ1) is 15.6. The Bertz CT molecular complexity index is 496. The van der Waals surface area contributed by atoms with E-state index in [1.807, 2.05) is 0 Å². The first-order chi connectivity index (χ1) is 8.73. The highest BCUT2D eigenvalue weighted by molar-refractivity contribution is 6.32. The van der Waals surface area contributed by atoms with Crippen molar-refractivity contribution in [1.29, 1.82) is 0 Å². The molecule has 0 amide bonds. The van der Waals surface area contributed by atoms with E-state index in [0.717, 1.165) is 12.1 Å². The van der Waals surface area contributed by atoms with E-state index in [-0.39, 0.29) is 6.61 Å². The summed E-state index contributed by atoms with van der Waals surface area (Å²) in [6.07, 6.45) is 0. The number of hydrogen-bond acceptors (Lipinski definition) is 4. The molecular weight excluding hydrogens is 287 g/mol. The van der Waals surface area contributed by atoms with Crippen LogP contribution in [0.15, 0.2) is 12.1 Å². The van der Waals surface area contributed by atoms with Crippen LogP contribution in [0.3, 0.4) is 0 Å². The first-order valence-electron chi connectivity index (χ1n) is 5.20. The molecule has 1 aromatic rings. The smallest absolute Gasteiger partial charge is 0.379 e. The van der Waals surface area contributed by atoms with Crippen molar-refractivity contribution in [2.24, 2.45) is 5.73 Å². The topological polar surface area (TPSA) is 72.5 Å². The number of benzene rings is 1. The number of carbonyl (C=O) groups excluding carboxylic acids is 1. The van der Waals surface area contributed by atoms with Gasteiger partial charge in [0, 0.05) is 5.56 Å². The molecule has 19 heavy (non-hydrogen) atoms. The summed E-state index contributed by atoms with van der Waals surface area (Å²) < 4.78 is 44.5. The van der Waals surface area contributed by atoms with Gasteiger partial charge in [0.05, 0.1) is 6.61 Å². The van der Waals surface area contributed by atoms with E-state index in [0.29, 0.717) is 0 Å². The maximum atomic E-state index is 13.6. The summed E-state index contributed by atoms with van der Waals surface area (Å²) in [5.41, 5.74) is 4.68. The van der Waals surface area contributed by atoms with Crippen LogP contribution in [-0.4, -0.2) is 23.6 Å². The Morgan fingerprint density at radius 2 is 2.16 bits per heavy atom. The van der Waals surface area contributed by atoms with Crippen LogP contribution < -0.4 is 5.73 Å². The van der Waals surface area contributed by atoms with Gasteiger partial charge in [0.1, 0.15) is 22.6 Å². The van der Waals surface area contributed by atoms with Crippen LogP contribution in [0.4, 0.5) is 13.2 Å². The second-order valence-corrected chi connectivity index (χ2v) is 4.00. The normalized spacial score (nSPS) is 13.2. The van der Waals surface area contributed by atoms with E-state index in [2.05, 4.69) is 4.74 Å². The molecule has 4 nitrogen and oxygen atoms in total. The van der Waals surface area contributed by atoms with Gasteiger partial charge in [-0.2, -0.15) is 8.78 Å². The molecule has 0 radical (unpaired) electrons. The molecule has 1 atom stereocenters. The number of carbonyl (C=O) groups is 1. The van der Waals surface area contributed by atoms with Crippen LogP contribution in [0.1, 0.15) is 18.5 Å². The molecule has 0 aliphatic rings. The van der Waals surface area contributed by atoms with Crippen LogP contribution in [0.5, 0.6) is 5.75 Å². The largest absolute Gasteiger partial charge is 0.506 e. The van der Waals surface area contributed by atoms with Crippen molar-refractivity contribution in [3.8, 4) is 5.75 Å². The average molecular weight is 298 g/mol. The number of phenolic OH excluding ortho intramolecular Hbond substituents is 1. The molecule has 0 aliphatic carbocycles. The fraction of sp³-hybridized carbons (Fsp3) is 0.364.